The smallest absolute Gasteiger partial charge is 0.120 e. The summed E-state index contributed by atoms with van der Waals surface area (Å²) in [6.07, 6.45) is 1.44. The molecule has 2 rings (SSSR count). The van der Waals surface area contributed by atoms with Gasteiger partial charge < -0.3 is 20.3 Å². The van der Waals surface area contributed by atoms with Crippen LogP contribution in [-0.4, -0.2) is 29.5 Å². The summed E-state index contributed by atoms with van der Waals surface area (Å²) in [5.41, 5.74) is 0.820. The maximum absolute atomic E-state index is 9.64. The van der Waals surface area contributed by atoms with E-state index in [4.69, 9.17) is 9.84 Å². The third-order valence-electron chi connectivity index (χ3n) is 2.98. The molecule has 0 spiro atoms. The summed E-state index contributed by atoms with van der Waals surface area (Å²) in [5.74, 6) is 1.01. The van der Waals surface area contributed by atoms with Crippen molar-refractivity contribution in [3.63, 3.8) is 0 Å². The molecule has 0 bridgehead atoms. The van der Waals surface area contributed by atoms with Gasteiger partial charge in [-0.1, -0.05) is 0 Å². The highest BCUT2D eigenvalue weighted by atomic mass is 16.5. The minimum atomic E-state index is -0.156. The van der Waals surface area contributed by atoms with E-state index < -0.39 is 0 Å². The van der Waals surface area contributed by atoms with E-state index in [1.54, 1.807) is 19.2 Å². The van der Waals surface area contributed by atoms with Gasteiger partial charge in [0.25, 0.3) is 0 Å². The number of rotatable bonds is 4. The molecule has 0 aromatic heterocycles. The minimum Gasteiger partial charge on any atom is -0.508 e. The Kier molecular flexibility index (Phi) is 3.31. The van der Waals surface area contributed by atoms with Crippen molar-refractivity contribution in [2.45, 2.75) is 31.5 Å². The highest BCUT2D eigenvalue weighted by Gasteiger charge is 2.26. The SMILES string of the molecule is COc1ccc(O)c(CNC2CC(O)C2)c1. The molecule has 0 unspecified atom stereocenters. The molecule has 88 valence electrons. The van der Waals surface area contributed by atoms with E-state index in [1.807, 2.05) is 6.07 Å². The van der Waals surface area contributed by atoms with Crippen molar-refractivity contribution in [2.24, 2.45) is 0 Å². The number of nitrogens with one attached hydrogen (secondary N) is 1. The second kappa shape index (κ2) is 4.72. The predicted octanol–water partition coefficient (Wildman–Crippen LogP) is 1.01. The first-order valence-electron chi connectivity index (χ1n) is 5.46. The van der Waals surface area contributed by atoms with Crippen LogP contribution in [0.1, 0.15) is 18.4 Å². The molecule has 4 heteroatoms. The maximum atomic E-state index is 9.64. The summed E-state index contributed by atoms with van der Waals surface area (Å²) in [5, 5.41) is 22.1. The number of methoxy groups -OCH3 is 1. The number of aliphatic hydroxyl groups is 1. The number of ether oxygens (including phenoxy) is 1. The number of phenols is 1. The normalized spacial score (nSPS) is 23.9. The average molecular weight is 223 g/mol. The number of hydrogen-bond donors (Lipinski definition) is 3. The van der Waals surface area contributed by atoms with Gasteiger partial charge >= 0.3 is 0 Å². The topological polar surface area (TPSA) is 61.7 Å². The fourth-order valence-electron chi connectivity index (χ4n) is 1.84. The Morgan fingerprint density at radius 2 is 2.19 bits per heavy atom. The summed E-state index contributed by atoms with van der Waals surface area (Å²) < 4.78 is 5.10. The summed E-state index contributed by atoms with van der Waals surface area (Å²) in [6.45, 7) is 0.598. The van der Waals surface area contributed by atoms with Gasteiger partial charge in [-0.15, -0.1) is 0 Å². The lowest BCUT2D eigenvalue weighted by Crippen LogP contribution is -2.43. The van der Waals surface area contributed by atoms with E-state index in [0.717, 1.165) is 24.2 Å². The Labute approximate surface area is 94.9 Å². The van der Waals surface area contributed by atoms with Crippen LogP contribution in [0, 0.1) is 0 Å². The van der Waals surface area contributed by atoms with Crippen LogP contribution in [0.5, 0.6) is 11.5 Å². The van der Waals surface area contributed by atoms with Crippen LogP contribution in [0.25, 0.3) is 0 Å². The number of hydrogen-bond acceptors (Lipinski definition) is 4. The zero-order valence-corrected chi connectivity index (χ0v) is 9.31. The Hall–Kier alpha value is -1.26. The molecular weight excluding hydrogens is 206 g/mol. The Balaban J connectivity index is 1.92. The van der Waals surface area contributed by atoms with Crippen LogP contribution in [0.3, 0.4) is 0 Å². The molecular formula is C12H17NO3. The first-order chi connectivity index (χ1) is 7.69. The molecule has 0 atom stereocenters. The van der Waals surface area contributed by atoms with Crippen molar-refractivity contribution in [3.05, 3.63) is 23.8 Å². The van der Waals surface area contributed by atoms with Gasteiger partial charge in [0.1, 0.15) is 11.5 Å². The molecule has 0 radical (unpaired) electrons. The van der Waals surface area contributed by atoms with Gasteiger partial charge in [0, 0.05) is 18.2 Å². The van der Waals surface area contributed by atoms with Gasteiger partial charge in [-0.2, -0.15) is 0 Å². The van der Waals surface area contributed by atoms with E-state index in [1.165, 1.54) is 0 Å². The van der Waals surface area contributed by atoms with Crippen LogP contribution < -0.4 is 10.1 Å². The van der Waals surface area contributed by atoms with Crippen LogP contribution in [0.4, 0.5) is 0 Å². The summed E-state index contributed by atoms with van der Waals surface area (Å²) >= 11 is 0. The molecule has 1 aliphatic carbocycles. The first kappa shape index (κ1) is 11.2. The molecule has 0 heterocycles. The van der Waals surface area contributed by atoms with Gasteiger partial charge in [-0.3, -0.25) is 0 Å². The molecule has 0 amide bonds. The molecule has 1 fully saturated rings. The lowest BCUT2D eigenvalue weighted by atomic mass is 9.89. The van der Waals surface area contributed by atoms with Crippen LogP contribution >= 0.6 is 0 Å². The molecule has 0 saturated heterocycles. The van der Waals surface area contributed by atoms with Gasteiger partial charge in [0.05, 0.1) is 13.2 Å². The summed E-state index contributed by atoms with van der Waals surface area (Å²) in [4.78, 5) is 0. The summed E-state index contributed by atoms with van der Waals surface area (Å²) in [6, 6.07) is 5.54. The van der Waals surface area contributed by atoms with Crippen molar-refractivity contribution >= 4 is 0 Å². The lowest BCUT2D eigenvalue weighted by molar-refractivity contribution is 0.0618. The average Bonchev–Trinajstić information content (AvgIpc) is 2.25. The third-order valence-corrected chi connectivity index (χ3v) is 2.98. The highest BCUT2D eigenvalue weighted by Crippen LogP contribution is 2.24. The van der Waals surface area contributed by atoms with E-state index in [-0.39, 0.29) is 11.9 Å². The molecule has 16 heavy (non-hydrogen) atoms. The van der Waals surface area contributed by atoms with Crippen molar-refractivity contribution in [3.8, 4) is 11.5 Å². The maximum Gasteiger partial charge on any atom is 0.120 e. The number of benzene rings is 1. The summed E-state index contributed by atoms with van der Waals surface area (Å²) in [7, 11) is 1.60. The zero-order chi connectivity index (χ0) is 11.5. The van der Waals surface area contributed by atoms with Crippen LogP contribution in [0.15, 0.2) is 18.2 Å². The van der Waals surface area contributed by atoms with E-state index in [9.17, 15) is 5.11 Å². The van der Waals surface area contributed by atoms with Crippen molar-refractivity contribution < 1.29 is 14.9 Å². The minimum absolute atomic E-state index is 0.156. The van der Waals surface area contributed by atoms with Crippen LogP contribution in [-0.2, 0) is 6.54 Å². The Morgan fingerprint density at radius 3 is 2.81 bits per heavy atom. The van der Waals surface area contributed by atoms with E-state index in [0.29, 0.717) is 12.6 Å². The number of phenolic OH excluding ortho intramolecular Hbond substituents is 1. The third kappa shape index (κ3) is 2.46. The van der Waals surface area contributed by atoms with Crippen molar-refractivity contribution in [1.82, 2.24) is 5.32 Å². The lowest BCUT2D eigenvalue weighted by Gasteiger charge is -2.32. The fraction of sp³-hybridized carbons (Fsp3) is 0.500. The molecule has 0 aliphatic heterocycles. The monoisotopic (exact) mass is 223 g/mol. The molecule has 1 saturated carbocycles. The van der Waals surface area contributed by atoms with Crippen molar-refractivity contribution in [2.75, 3.05) is 7.11 Å². The van der Waals surface area contributed by atoms with Crippen molar-refractivity contribution in [1.29, 1.82) is 0 Å². The molecule has 3 N–H and O–H groups in total. The molecule has 1 aromatic carbocycles. The first-order valence-corrected chi connectivity index (χ1v) is 5.46. The van der Waals surface area contributed by atoms with Crippen LogP contribution in [0.2, 0.25) is 0 Å². The Bertz CT molecular complexity index is 361. The zero-order valence-electron chi connectivity index (χ0n) is 9.31. The largest absolute Gasteiger partial charge is 0.508 e. The van der Waals surface area contributed by atoms with E-state index in [2.05, 4.69) is 5.32 Å². The molecule has 4 nitrogen and oxygen atoms in total. The highest BCUT2D eigenvalue weighted by molar-refractivity contribution is 5.39. The quantitative estimate of drug-likeness (QED) is 0.713. The van der Waals surface area contributed by atoms with Gasteiger partial charge in [-0.05, 0) is 31.0 Å². The second-order valence-corrected chi connectivity index (χ2v) is 4.20. The van der Waals surface area contributed by atoms with Gasteiger partial charge in [0.15, 0.2) is 0 Å². The number of aromatic hydroxyl groups is 1. The fourth-order valence-corrected chi connectivity index (χ4v) is 1.84. The van der Waals surface area contributed by atoms with Gasteiger partial charge in [-0.25, -0.2) is 0 Å². The molecule has 1 aliphatic rings. The second-order valence-electron chi connectivity index (χ2n) is 4.20. The molecule has 1 aromatic rings. The standard InChI is InChI=1S/C12H17NO3/c1-16-11-2-3-12(15)8(4-11)7-13-9-5-10(14)6-9/h2-4,9-10,13-15H,5-7H2,1H3. The Morgan fingerprint density at radius 1 is 1.44 bits per heavy atom. The van der Waals surface area contributed by atoms with Gasteiger partial charge in [0.2, 0.25) is 0 Å². The number of aliphatic hydroxyl groups excluding tert-OH is 1. The predicted molar refractivity (Wildman–Crippen MR) is 60.5 cm³/mol. The van der Waals surface area contributed by atoms with E-state index >= 15 is 0 Å².